The molecule has 11 nitrogen and oxygen atoms in total. The molecule has 0 unspecified atom stereocenters. The summed E-state index contributed by atoms with van der Waals surface area (Å²) in [5, 5.41) is 21.3. The van der Waals surface area contributed by atoms with Crippen LogP contribution in [0.25, 0.3) is 0 Å². The molecule has 2 fully saturated rings. The van der Waals surface area contributed by atoms with E-state index in [-0.39, 0.29) is 24.4 Å². The molecule has 0 bridgehead atoms. The van der Waals surface area contributed by atoms with Gasteiger partial charge < -0.3 is 20.7 Å². The first kappa shape index (κ1) is 23.9. The second-order valence-corrected chi connectivity index (χ2v) is 9.52. The van der Waals surface area contributed by atoms with Gasteiger partial charge in [-0.3, -0.25) is 18.1 Å². The standard InChI is InChI=1S/C19H22F2N3O8P/c1-19(27)16(25)14(31-17(19)24-4-2-15(22)23-18(24)26)9-30-33(28)29-5-3-13(32-33)10-6-11(20)8-12(21)7-10/h2,4,6-8,13-14,16-17,25,27H,3,5,9H2,1H3,(H2,22,23,26)/t13-,14-,16-,17-,19-,33+/m1/s1. The molecule has 0 saturated carbocycles. The number of nitrogen functional groups attached to an aromatic ring is 1. The zero-order chi connectivity index (χ0) is 24.0. The smallest absolute Gasteiger partial charge is 0.387 e. The topological polar surface area (TPSA) is 155 Å². The maximum absolute atomic E-state index is 13.5. The molecular weight excluding hydrogens is 467 g/mol. The fourth-order valence-corrected chi connectivity index (χ4v) is 5.11. The van der Waals surface area contributed by atoms with Gasteiger partial charge in [0.05, 0.1) is 19.3 Å². The molecule has 180 valence electrons. The summed E-state index contributed by atoms with van der Waals surface area (Å²) in [5.41, 5.74) is 2.83. The van der Waals surface area contributed by atoms with Crippen LogP contribution in [0.5, 0.6) is 0 Å². The highest BCUT2D eigenvalue weighted by Gasteiger charge is 2.54. The Balaban J connectivity index is 1.46. The SMILES string of the molecule is C[C@@]1(O)[C@H](O)[C@@H](CO[P@]2(=O)OCC[C@H](c3cc(F)cc(F)c3)O2)O[C@H]1n1ccc(N)nc1=O. The van der Waals surface area contributed by atoms with Gasteiger partial charge in [0.2, 0.25) is 0 Å². The predicted molar refractivity (Wildman–Crippen MR) is 108 cm³/mol. The molecule has 6 atom stereocenters. The van der Waals surface area contributed by atoms with E-state index >= 15 is 0 Å². The Morgan fingerprint density at radius 1 is 1.36 bits per heavy atom. The molecule has 0 spiro atoms. The van der Waals surface area contributed by atoms with Crippen LogP contribution in [0.3, 0.4) is 0 Å². The number of nitrogens with two attached hydrogens (primary N) is 1. The Kier molecular flexibility index (Phi) is 6.40. The quantitative estimate of drug-likeness (QED) is 0.525. The van der Waals surface area contributed by atoms with E-state index in [0.717, 1.165) is 16.7 Å². The normalized spacial score (nSPS) is 34.5. The predicted octanol–water partition coefficient (Wildman–Crippen LogP) is 1.42. The Morgan fingerprint density at radius 2 is 2.06 bits per heavy atom. The van der Waals surface area contributed by atoms with E-state index in [9.17, 15) is 28.4 Å². The molecule has 0 radical (unpaired) electrons. The highest BCUT2D eigenvalue weighted by Crippen LogP contribution is 2.57. The monoisotopic (exact) mass is 489 g/mol. The van der Waals surface area contributed by atoms with Gasteiger partial charge in [-0.15, -0.1) is 0 Å². The minimum absolute atomic E-state index is 0.0354. The van der Waals surface area contributed by atoms with Crippen molar-refractivity contribution in [2.45, 2.75) is 43.5 Å². The molecule has 2 aromatic rings. The Hall–Kier alpha value is -2.25. The zero-order valence-corrected chi connectivity index (χ0v) is 18.2. The van der Waals surface area contributed by atoms with Gasteiger partial charge in [0.15, 0.2) is 6.23 Å². The average molecular weight is 489 g/mol. The first-order valence-electron chi connectivity index (χ1n) is 9.92. The second-order valence-electron chi connectivity index (χ2n) is 7.90. The number of benzene rings is 1. The van der Waals surface area contributed by atoms with Crippen LogP contribution in [0.1, 0.15) is 31.2 Å². The van der Waals surface area contributed by atoms with Crippen molar-refractivity contribution in [1.82, 2.24) is 9.55 Å². The van der Waals surface area contributed by atoms with E-state index in [2.05, 4.69) is 4.98 Å². The Bertz CT molecular complexity index is 1130. The summed E-state index contributed by atoms with van der Waals surface area (Å²) in [6.45, 7) is 0.614. The number of aliphatic hydroxyl groups is 2. The Labute approximate surface area is 186 Å². The zero-order valence-electron chi connectivity index (χ0n) is 17.3. The second kappa shape index (κ2) is 8.84. The number of aromatic nitrogens is 2. The third kappa shape index (κ3) is 4.85. The molecule has 0 amide bonds. The molecule has 0 aliphatic carbocycles. The molecule has 2 aliphatic rings. The van der Waals surface area contributed by atoms with Crippen molar-refractivity contribution in [3.05, 3.63) is 58.1 Å². The van der Waals surface area contributed by atoms with Crippen molar-refractivity contribution in [2.24, 2.45) is 0 Å². The van der Waals surface area contributed by atoms with Crippen molar-refractivity contribution in [3.63, 3.8) is 0 Å². The van der Waals surface area contributed by atoms with E-state index in [1.54, 1.807) is 0 Å². The lowest BCUT2D eigenvalue weighted by Crippen LogP contribution is -2.46. The van der Waals surface area contributed by atoms with Crippen molar-refractivity contribution in [2.75, 3.05) is 18.9 Å². The van der Waals surface area contributed by atoms with Crippen molar-refractivity contribution in [3.8, 4) is 0 Å². The highest BCUT2D eigenvalue weighted by molar-refractivity contribution is 7.48. The number of anilines is 1. The third-order valence-corrected chi connectivity index (χ3v) is 6.87. The van der Waals surface area contributed by atoms with E-state index in [0.29, 0.717) is 6.07 Å². The summed E-state index contributed by atoms with van der Waals surface area (Å²) in [4.78, 5) is 15.7. The van der Waals surface area contributed by atoms with Crippen LogP contribution in [-0.2, 0) is 22.9 Å². The lowest BCUT2D eigenvalue weighted by Gasteiger charge is -2.30. The van der Waals surface area contributed by atoms with Gasteiger partial charge in [-0.1, -0.05) is 0 Å². The third-order valence-electron chi connectivity index (χ3n) is 5.40. The van der Waals surface area contributed by atoms with Gasteiger partial charge in [-0.25, -0.2) is 18.1 Å². The van der Waals surface area contributed by atoms with Crippen LogP contribution in [0.4, 0.5) is 14.6 Å². The summed E-state index contributed by atoms with van der Waals surface area (Å²) < 4.78 is 62.3. The molecule has 2 aliphatic heterocycles. The van der Waals surface area contributed by atoms with E-state index in [4.69, 9.17) is 24.0 Å². The number of nitrogens with zero attached hydrogens (tertiary/aromatic N) is 2. The van der Waals surface area contributed by atoms with E-state index in [1.807, 2.05) is 0 Å². The minimum atomic E-state index is -4.21. The van der Waals surface area contributed by atoms with E-state index in [1.165, 1.54) is 19.2 Å². The van der Waals surface area contributed by atoms with Crippen LogP contribution in [0.2, 0.25) is 0 Å². The summed E-state index contributed by atoms with van der Waals surface area (Å²) in [7, 11) is -4.21. The number of halogens is 2. The van der Waals surface area contributed by atoms with Crippen molar-refractivity contribution < 1.29 is 41.9 Å². The fourth-order valence-electron chi connectivity index (χ4n) is 3.71. The van der Waals surface area contributed by atoms with Gasteiger partial charge >= 0.3 is 13.5 Å². The molecule has 33 heavy (non-hydrogen) atoms. The molecule has 4 N–H and O–H groups in total. The van der Waals surface area contributed by atoms with Gasteiger partial charge in [0.1, 0.15) is 35.3 Å². The fraction of sp³-hybridized carbons (Fsp3) is 0.474. The maximum Gasteiger partial charge on any atom is 0.475 e. The highest BCUT2D eigenvalue weighted by atomic mass is 31.2. The summed E-state index contributed by atoms with van der Waals surface area (Å²) >= 11 is 0. The molecule has 1 aromatic heterocycles. The van der Waals surface area contributed by atoms with E-state index < -0.39 is 61.9 Å². The lowest BCUT2D eigenvalue weighted by atomic mass is 9.96. The molecule has 4 rings (SSSR count). The van der Waals surface area contributed by atoms with Crippen LogP contribution in [-0.4, -0.2) is 50.8 Å². The van der Waals surface area contributed by atoms with Crippen LogP contribution < -0.4 is 11.4 Å². The summed E-state index contributed by atoms with van der Waals surface area (Å²) in [5.74, 6) is -1.68. The molecular formula is C19H22F2N3O8P. The lowest BCUT2D eigenvalue weighted by molar-refractivity contribution is -0.0989. The maximum atomic E-state index is 13.5. The number of phosphoric acid groups is 1. The molecule has 2 saturated heterocycles. The largest absolute Gasteiger partial charge is 0.475 e. The number of hydrogen-bond acceptors (Lipinski definition) is 10. The van der Waals surface area contributed by atoms with Gasteiger partial charge in [-0.2, -0.15) is 4.98 Å². The van der Waals surface area contributed by atoms with Gasteiger partial charge in [-0.05, 0) is 30.7 Å². The van der Waals surface area contributed by atoms with Crippen molar-refractivity contribution in [1.29, 1.82) is 0 Å². The van der Waals surface area contributed by atoms with Crippen LogP contribution in [0.15, 0.2) is 35.3 Å². The van der Waals surface area contributed by atoms with Gasteiger partial charge in [0, 0.05) is 18.7 Å². The Morgan fingerprint density at radius 3 is 2.73 bits per heavy atom. The summed E-state index contributed by atoms with van der Waals surface area (Å²) in [6, 6.07) is 4.11. The number of rotatable bonds is 5. The molecule has 3 heterocycles. The van der Waals surface area contributed by atoms with Crippen molar-refractivity contribution >= 4 is 13.6 Å². The summed E-state index contributed by atoms with van der Waals surface area (Å²) in [6.07, 6.45) is -3.69. The van der Waals surface area contributed by atoms with Gasteiger partial charge in [0.25, 0.3) is 0 Å². The number of aliphatic hydroxyl groups excluding tert-OH is 1. The number of phosphoric ester groups is 1. The number of ether oxygens (including phenoxy) is 1. The molecule has 14 heteroatoms. The minimum Gasteiger partial charge on any atom is -0.387 e. The number of hydrogen-bond donors (Lipinski definition) is 3. The average Bonchev–Trinajstić information content (AvgIpc) is 2.95. The first-order chi connectivity index (χ1) is 15.5. The van der Waals surface area contributed by atoms with Crippen LogP contribution >= 0.6 is 7.82 Å². The van der Waals surface area contributed by atoms with Crippen LogP contribution in [0, 0.1) is 11.6 Å². The molecule has 1 aromatic carbocycles. The first-order valence-corrected chi connectivity index (χ1v) is 11.4.